The molecule has 0 amide bonds. The third-order valence-corrected chi connectivity index (χ3v) is 14.6. The summed E-state index contributed by atoms with van der Waals surface area (Å²) in [4.78, 5) is 25.3. The van der Waals surface area contributed by atoms with Crippen molar-refractivity contribution in [1.29, 1.82) is 0 Å². The highest BCUT2D eigenvalue weighted by Crippen LogP contribution is 2.73. The summed E-state index contributed by atoms with van der Waals surface area (Å²) in [6, 6.07) is 7.20. The first-order valence-electron chi connectivity index (χ1n) is 16.6. The molecule has 2 unspecified atom stereocenters. The highest BCUT2D eigenvalue weighted by Gasteiger charge is 2.66. The summed E-state index contributed by atoms with van der Waals surface area (Å²) < 4.78 is 0.0778. The molecule has 3 aliphatic heterocycles. The Kier molecular flexibility index (Phi) is 6.19. The molecule has 5 nitrogen and oxygen atoms in total. The number of benzene rings is 1. The minimum atomic E-state index is -0.472. The minimum absolute atomic E-state index is 0.00707. The van der Waals surface area contributed by atoms with Crippen LogP contribution in [-0.4, -0.2) is 34.8 Å². The molecule has 3 saturated carbocycles. The van der Waals surface area contributed by atoms with Gasteiger partial charge in [0.15, 0.2) is 0 Å². The van der Waals surface area contributed by atoms with Gasteiger partial charge in [0.25, 0.3) is 0 Å². The molecule has 2 spiro atoms. The number of hydrogen-bond donors (Lipinski definition) is 1. The van der Waals surface area contributed by atoms with Gasteiger partial charge in [-0.1, -0.05) is 58.4 Å². The van der Waals surface area contributed by atoms with Gasteiger partial charge in [0.2, 0.25) is 0 Å². The second-order valence-corrected chi connectivity index (χ2v) is 18.8. The van der Waals surface area contributed by atoms with E-state index in [2.05, 4.69) is 77.6 Å². The van der Waals surface area contributed by atoms with Crippen LogP contribution in [0.2, 0.25) is 0 Å². The maximum absolute atomic E-state index is 11.4. The van der Waals surface area contributed by atoms with Gasteiger partial charge in [0, 0.05) is 16.1 Å². The molecule has 8 rings (SSSR count). The van der Waals surface area contributed by atoms with E-state index in [0.717, 1.165) is 51.4 Å². The summed E-state index contributed by atoms with van der Waals surface area (Å²) in [7, 11) is 0. The zero-order valence-corrected chi connectivity index (χ0v) is 27.3. The van der Waals surface area contributed by atoms with Gasteiger partial charge in [-0.25, -0.2) is 19.6 Å². The standard InChI is InChI=1S/C36H50O5S/c1-31(2)18-34(6,40-38-20-31)22-7-9-24-26-17-33(5)27(11-12-29(33)37)25-10-8-23-16-35(19-32(3,4)21-39-41-35)13-14-36(23,30(25)26)42-28(24)15-22/h7-9,15,25-27,29-30,37H,10-14,16-21H2,1-6H3/t25-,26+,27-,29-,30+,33-,34?,35?,36+/m0/s1. The average Bonchev–Trinajstić information content (AvgIpc) is 3.21. The first-order valence-corrected chi connectivity index (χ1v) is 17.4. The quantitative estimate of drug-likeness (QED) is 0.261. The van der Waals surface area contributed by atoms with Gasteiger partial charge >= 0.3 is 0 Å². The van der Waals surface area contributed by atoms with Gasteiger partial charge in [0.05, 0.1) is 19.3 Å². The van der Waals surface area contributed by atoms with Crippen LogP contribution in [0.3, 0.4) is 0 Å². The smallest absolute Gasteiger partial charge is 0.126 e. The molecular formula is C36H50O5S. The van der Waals surface area contributed by atoms with Gasteiger partial charge in [-0.3, -0.25) is 0 Å². The molecule has 3 heterocycles. The Bertz CT molecular complexity index is 1320. The molecule has 2 saturated heterocycles. The number of rotatable bonds is 1. The first-order chi connectivity index (χ1) is 19.8. The Labute approximate surface area is 256 Å². The van der Waals surface area contributed by atoms with Crippen molar-refractivity contribution in [2.24, 2.45) is 34.0 Å². The molecule has 9 atom stereocenters. The topological polar surface area (TPSA) is 57.2 Å². The molecule has 7 aliphatic rings. The molecule has 1 aromatic rings. The van der Waals surface area contributed by atoms with Crippen LogP contribution in [0.25, 0.3) is 0 Å². The Morgan fingerprint density at radius 1 is 0.905 bits per heavy atom. The van der Waals surface area contributed by atoms with Crippen LogP contribution < -0.4 is 0 Å². The predicted molar refractivity (Wildman–Crippen MR) is 164 cm³/mol. The summed E-state index contributed by atoms with van der Waals surface area (Å²) in [5.74, 6) is 2.28. The molecule has 5 fully saturated rings. The number of thioether (sulfide) groups is 1. The van der Waals surface area contributed by atoms with Gasteiger partial charge in [-0.2, -0.15) is 0 Å². The molecule has 230 valence electrons. The molecule has 4 aliphatic carbocycles. The number of fused-ring (bicyclic) bond motifs is 4. The number of allylic oxidation sites excluding steroid dienone is 1. The predicted octanol–water partition coefficient (Wildman–Crippen LogP) is 8.25. The van der Waals surface area contributed by atoms with Crippen LogP contribution in [-0.2, 0) is 25.2 Å². The van der Waals surface area contributed by atoms with E-state index in [4.69, 9.17) is 19.6 Å². The van der Waals surface area contributed by atoms with Crippen molar-refractivity contribution in [2.75, 3.05) is 13.2 Å². The fourth-order valence-electron chi connectivity index (χ4n) is 11.3. The summed E-state index contributed by atoms with van der Waals surface area (Å²) in [5.41, 5.74) is 3.81. The van der Waals surface area contributed by atoms with Crippen molar-refractivity contribution in [2.45, 2.75) is 132 Å². The number of aliphatic hydroxyl groups is 1. The molecule has 0 radical (unpaired) electrons. The fraction of sp³-hybridized carbons (Fsp3) is 0.778. The summed E-state index contributed by atoms with van der Waals surface area (Å²) >= 11 is 2.16. The molecule has 1 aromatic carbocycles. The van der Waals surface area contributed by atoms with Crippen LogP contribution in [0.1, 0.15) is 116 Å². The van der Waals surface area contributed by atoms with Gasteiger partial charge in [0.1, 0.15) is 11.2 Å². The third-order valence-electron chi connectivity index (χ3n) is 12.9. The SMILES string of the molecule is CC1(C)COOC2(CC[C@@]34Sc5cc(C6(C)CC(C)(C)COO6)ccc5[C@H]5C[C@]6(C)[C@@H](O)CC[C@H]6[C@H](CC=C3C2)[C@H]54)C1. The summed E-state index contributed by atoms with van der Waals surface area (Å²) in [5, 5.41) is 11.4. The van der Waals surface area contributed by atoms with Crippen LogP contribution in [0.4, 0.5) is 0 Å². The lowest BCUT2D eigenvalue weighted by Gasteiger charge is -2.64. The Hall–Kier alpha value is -0.890. The zero-order chi connectivity index (χ0) is 29.3. The molecule has 1 N–H and O–H groups in total. The lowest BCUT2D eigenvalue weighted by Crippen LogP contribution is -2.60. The van der Waals surface area contributed by atoms with Crippen molar-refractivity contribution in [1.82, 2.24) is 0 Å². The molecule has 0 aromatic heterocycles. The second-order valence-electron chi connectivity index (χ2n) is 17.4. The Morgan fingerprint density at radius 2 is 1.67 bits per heavy atom. The largest absolute Gasteiger partial charge is 0.393 e. The van der Waals surface area contributed by atoms with Crippen molar-refractivity contribution in [3.05, 3.63) is 41.0 Å². The van der Waals surface area contributed by atoms with Crippen LogP contribution in [0, 0.1) is 34.0 Å². The second kappa shape index (κ2) is 9.10. The van der Waals surface area contributed by atoms with E-state index >= 15 is 0 Å². The van der Waals surface area contributed by atoms with E-state index in [1.807, 2.05) is 0 Å². The van der Waals surface area contributed by atoms with E-state index in [9.17, 15) is 5.11 Å². The highest BCUT2D eigenvalue weighted by atomic mass is 32.2. The summed E-state index contributed by atoms with van der Waals surface area (Å²) in [6.45, 7) is 15.1. The van der Waals surface area contributed by atoms with E-state index in [1.165, 1.54) is 22.4 Å². The molecule has 0 bridgehead atoms. The van der Waals surface area contributed by atoms with Crippen molar-refractivity contribution in [3.8, 4) is 0 Å². The van der Waals surface area contributed by atoms with Crippen LogP contribution >= 0.6 is 11.8 Å². The third kappa shape index (κ3) is 4.07. The molecule has 6 heteroatoms. The Morgan fingerprint density at radius 3 is 2.43 bits per heavy atom. The van der Waals surface area contributed by atoms with Gasteiger partial charge < -0.3 is 5.11 Å². The van der Waals surface area contributed by atoms with Crippen LogP contribution in [0.15, 0.2) is 34.7 Å². The van der Waals surface area contributed by atoms with Crippen molar-refractivity contribution in [3.63, 3.8) is 0 Å². The summed E-state index contributed by atoms with van der Waals surface area (Å²) in [6.07, 6.45) is 11.9. The van der Waals surface area contributed by atoms with E-state index in [1.54, 1.807) is 5.57 Å². The maximum atomic E-state index is 11.4. The van der Waals surface area contributed by atoms with Gasteiger partial charge in [-0.05, 0) is 115 Å². The molecule has 42 heavy (non-hydrogen) atoms. The number of aliphatic hydroxyl groups excluding tert-OH is 1. The van der Waals surface area contributed by atoms with Crippen LogP contribution in [0.5, 0.6) is 0 Å². The van der Waals surface area contributed by atoms with Crippen molar-refractivity contribution < 1.29 is 24.7 Å². The molecular weight excluding hydrogens is 544 g/mol. The Balaban J connectivity index is 1.23. The maximum Gasteiger partial charge on any atom is 0.126 e. The van der Waals surface area contributed by atoms with Crippen molar-refractivity contribution >= 4 is 11.8 Å². The average molecular weight is 595 g/mol. The number of hydrogen-bond acceptors (Lipinski definition) is 6. The van der Waals surface area contributed by atoms with E-state index in [0.29, 0.717) is 36.9 Å². The zero-order valence-electron chi connectivity index (χ0n) is 26.5. The normalized spacial score (nSPS) is 48.5. The van der Waals surface area contributed by atoms with E-state index in [-0.39, 0.29) is 32.7 Å². The lowest BCUT2D eigenvalue weighted by atomic mass is 9.47. The fourth-order valence-corrected chi connectivity index (χ4v) is 13.2. The lowest BCUT2D eigenvalue weighted by molar-refractivity contribution is -0.408. The highest BCUT2D eigenvalue weighted by molar-refractivity contribution is 8.01. The van der Waals surface area contributed by atoms with E-state index < -0.39 is 5.60 Å². The van der Waals surface area contributed by atoms with Gasteiger partial charge in [-0.15, -0.1) is 11.8 Å². The monoisotopic (exact) mass is 594 g/mol. The first kappa shape index (κ1) is 28.6. The minimum Gasteiger partial charge on any atom is -0.393 e.